The van der Waals surface area contributed by atoms with Crippen molar-refractivity contribution in [2.75, 3.05) is 0 Å². The number of aliphatic carboxylic acids is 1. The number of nitrogens with one attached hydrogen (secondary N) is 1. The summed E-state index contributed by atoms with van der Waals surface area (Å²) in [5, 5.41) is 12.7. The van der Waals surface area contributed by atoms with Gasteiger partial charge in [-0.3, -0.25) is 10.1 Å². The van der Waals surface area contributed by atoms with E-state index in [-0.39, 0.29) is 0 Å². The Morgan fingerprint density at radius 2 is 1.95 bits per heavy atom. The van der Waals surface area contributed by atoms with Gasteiger partial charge >= 0.3 is 5.97 Å². The second-order valence-electron chi connectivity index (χ2n) is 4.36. The minimum Gasteiger partial charge on any atom is -0.480 e. The summed E-state index contributed by atoms with van der Waals surface area (Å²) in [6, 6.07) is 8.10. The fraction of sp³-hybridized carbons (Fsp3) is 0.214. The second kappa shape index (κ2) is 6.31. The molecule has 0 saturated carbocycles. The van der Waals surface area contributed by atoms with Crippen LogP contribution in [0.15, 0.2) is 34.7 Å². The Morgan fingerprint density at radius 3 is 2.55 bits per heavy atom. The molecule has 1 aromatic carbocycles. The largest absolute Gasteiger partial charge is 0.480 e. The van der Waals surface area contributed by atoms with Gasteiger partial charge in [0.15, 0.2) is 0 Å². The van der Waals surface area contributed by atoms with Gasteiger partial charge in [0.2, 0.25) is 0 Å². The van der Waals surface area contributed by atoms with Gasteiger partial charge in [0.05, 0.1) is 6.54 Å². The van der Waals surface area contributed by atoms with Crippen molar-refractivity contribution in [2.45, 2.75) is 19.5 Å². The second-order valence-corrected chi connectivity index (χ2v) is 5.24. The number of hydrogen-bond acceptors (Lipinski definition) is 3. The van der Waals surface area contributed by atoms with Crippen molar-refractivity contribution in [3.8, 4) is 11.3 Å². The van der Waals surface area contributed by atoms with Crippen LogP contribution in [0.5, 0.6) is 0 Å². The van der Waals surface area contributed by atoms with Crippen molar-refractivity contribution in [3.63, 3.8) is 0 Å². The molecule has 0 bridgehead atoms. The summed E-state index contributed by atoms with van der Waals surface area (Å²) < 4.78 is 5.64. The van der Waals surface area contributed by atoms with Crippen molar-refractivity contribution in [3.05, 3.63) is 46.1 Å². The normalized spacial score (nSPS) is 12.3. The molecule has 1 atom stereocenters. The van der Waals surface area contributed by atoms with Gasteiger partial charge in [0, 0.05) is 15.6 Å². The molecule has 2 N–H and O–H groups in total. The highest BCUT2D eigenvalue weighted by Gasteiger charge is 2.11. The number of carboxylic acids is 1. The molecule has 0 aliphatic heterocycles. The molecular weight excluding hydrogens is 301 g/mol. The molecule has 0 aliphatic carbocycles. The van der Waals surface area contributed by atoms with Gasteiger partial charge in [-0.05, 0) is 37.3 Å². The van der Waals surface area contributed by atoms with Crippen LogP contribution in [0.3, 0.4) is 0 Å². The van der Waals surface area contributed by atoms with Crippen LogP contribution >= 0.6 is 23.2 Å². The third kappa shape index (κ3) is 3.76. The van der Waals surface area contributed by atoms with E-state index in [0.29, 0.717) is 28.1 Å². The molecule has 0 radical (unpaired) electrons. The minimum atomic E-state index is -0.904. The first-order valence-electron chi connectivity index (χ1n) is 5.97. The number of rotatable bonds is 5. The Balaban J connectivity index is 2.10. The summed E-state index contributed by atoms with van der Waals surface area (Å²) in [4.78, 5) is 10.7. The topological polar surface area (TPSA) is 62.5 Å². The standard InChI is InChI=1S/C14H13Cl2NO3/c1-8(14(18)19)17-7-12-2-3-13(20-12)9-4-10(15)6-11(16)5-9/h2-6,8,17H,7H2,1H3,(H,18,19). The predicted octanol–water partition coefficient (Wildman–Crippen LogP) is 3.82. The molecule has 1 heterocycles. The minimum absolute atomic E-state index is 0.335. The molecular formula is C14H13Cl2NO3. The summed E-state index contributed by atoms with van der Waals surface area (Å²) >= 11 is 11.9. The zero-order valence-electron chi connectivity index (χ0n) is 10.7. The molecule has 4 nitrogen and oxygen atoms in total. The number of furan rings is 1. The summed E-state index contributed by atoms with van der Waals surface area (Å²) in [6.45, 7) is 1.91. The van der Waals surface area contributed by atoms with Crippen LogP contribution in [0, 0.1) is 0 Å². The maximum Gasteiger partial charge on any atom is 0.320 e. The van der Waals surface area contributed by atoms with Gasteiger partial charge in [-0.25, -0.2) is 0 Å². The van der Waals surface area contributed by atoms with Crippen molar-refractivity contribution < 1.29 is 14.3 Å². The van der Waals surface area contributed by atoms with Gasteiger partial charge in [-0.15, -0.1) is 0 Å². The molecule has 0 amide bonds. The molecule has 2 rings (SSSR count). The van der Waals surface area contributed by atoms with Gasteiger partial charge in [-0.2, -0.15) is 0 Å². The van der Waals surface area contributed by atoms with E-state index in [1.807, 2.05) is 0 Å². The lowest BCUT2D eigenvalue weighted by Gasteiger charge is -2.06. The molecule has 0 saturated heterocycles. The Bertz CT molecular complexity index is 604. The summed E-state index contributed by atoms with van der Waals surface area (Å²) in [6.07, 6.45) is 0. The Morgan fingerprint density at radius 1 is 1.30 bits per heavy atom. The van der Waals surface area contributed by atoms with E-state index in [0.717, 1.165) is 5.56 Å². The lowest BCUT2D eigenvalue weighted by Crippen LogP contribution is -2.32. The van der Waals surface area contributed by atoms with Gasteiger partial charge in [0.1, 0.15) is 17.6 Å². The van der Waals surface area contributed by atoms with E-state index >= 15 is 0 Å². The van der Waals surface area contributed by atoms with Gasteiger partial charge < -0.3 is 9.52 Å². The van der Waals surface area contributed by atoms with Crippen molar-refractivity contribution in [1.82, 2.24) is 5.32 Å². The van der Waals surface area contributed by atoms with E-state index in [1.165, 1.54) is 0 Å². The first-order valence-corrected chi connectivity index (χ1v) is 6.72. The monoisotopic (exact) mass is 313 g/mol. The SMILES string of the molecule is CC(NCc1ccc(-c2cc(Cl)cc(Cl)c2)o1)C(=O)O. The number of carbonyl (C=O) groups is 1. The van der Waals surface area contributed by atoms with Crippen molar-refractivity contribution in [2.24, 2.45) is 0 Å². The zero-order valence-corrected chi connectivity index (χ0v) is 12.2. The summed E-state index contributed by atoms with van der Waals surface area (Å²) in [5.41, 5.74) is 0.778. The van der Waals surface area contributed by atoms with Crippen LogP contribution in [0.4, 0.5) is 0 Å². The van der Waals surface area contributed by atoms with Gasteiger partial charge in [0.25, 0.3) is 0 Å². The number of hydrogen-bond donors (Lipinski definition) is 2. The highest BCUT2D eigenvalue weighted by atomic mass is 35.5. The third-order valence-electron chi connectivity index (χ3n) is 2.76. The Hall–Kier alpha value is -1.49. The van der Waals surface area contributed by atoms with E-state index in [4.69, 9.17) is 32.7 Å². The number of carboxylic acid groups (broad SMARTS) is 1. The number of benzene rings is 1. The molecule has 6 heteroatoms. The lowest BCUT2D eigenvalue weighted by molar-refractivity contribution is -0.139. The van der Waals surface area contributed by atoms with E-state index < -0.39 is 12.0 Å². The van der Waals surface area contributed by atoms with Crippen LogP contribution in [0.1, 0.15) is 12.7 Å². The first kappa shape index (κ1) is 14.9. The smallest absolute Gasteiger partial charge is 0.320 e. The van der Waals surface area contributed by atoms with Crippen LogP contribution in [-0.4, -0.2) is 17.1 Å². The van der Waals surface area contributed by atoms with Crippen LogP contribution in [0.2, 0.25) is 10.0 Å². The molecule has 2 aromatic rings. The highest BCUT2D eigenvalue weighted by Crippen LogP contribution is 2.28. The van der Waals surface area contributed by atoms with E-state index in [9.17, 15) is 4.79 Å². The van der Waals surface area contributed by atoms with Crippen LogP contribution in [-0.2, 0) is 11.3 Å². The van der Waals surface area contributed by atoms with Gasteiger partial charge in [-0.1, -0.05) is 23.2 Å². The molecule has 1 aromatic heterocycles. The zero-order chi connectivity index (χ0) is 14.7. The average molecular weight is 314 g/mol. The van der Waals surface area contributed by atoms with Crippen LogP contribution < -0.4 is 5.32 Å². The number of halogens is 2. The van der Waals surface area contributed by atoms with E-state index in [2.05, 4.69) is 5.32 Å². The summed E-state index contributed by atoms with van der Waals surface area (Å²) in [5.74, 6) is 0.372. The highest BCUT2D eigenvalue weighted by molar-refractivity contribution is 6.35. The molecule has 0 aliphatic rings. The molecule has 106 valence electrons. The lowest BCUT2D eigenvalue weighted by atomic mass is 10.2. The fourth-order valence-corrected chi connectivity index (χ4v) is 2.19. The molecule has 20 heavy (non-hydrogen) atoms. The van der Waals surface area contributed by atoms with Crippen LogP contribution in [0.25, 0.3) is 11.3 Å². The molecule has 0 spiro atoms. The maximum absolute atomic E-state index is 10.7. The Kier molecular flexibility index (Phi) is 4.70. The first-order chi connectivity index (χ1) is 9.45. The maximum atomic E-state index is 10.7. The van der Waals surface area contributed by atoms with Crippen molar-refractivity contribution in [1.29, 1.82) is 0 Å². The fourth-order valence-electron chi connectivity index (χ4n) is 1.67. The summed E-state index contributed by atoms with van der Waals surface area (Å²) in [7, 11) is 0. The van der Waals surface area contributed by atoms with E-state index in [1.54, 1.807) is 37.3 Å². The van der Waals surface area contributed by atoms with Crippen molar-refractivity contribution >= 4 is 29.2 Å². The predicted molar refractivity (Wildman–Crippen MR) is 78.1 cm³/mol. The average Bonchev–Trinajstić information content (AvgIpc) is 2.83. The quantitative estimate of drug-likeness (QED) is 0.881. The molecule has 0 fully saturated rings. The molecule has 1 unspecified atom stereocenters. The Labute approximate surface area is 126 Å². The third-order valence-corrected chi connectivity index (χ3v) is 3.20.